The largest absolute Gasteiger partial charge is 0.492 e. The zero-order chi connectivity index (χ0) is 11.6. The summed E-state index contributed by atoms with van der Waals surface area (Å²) in [6.07, 6.45) is 0.510. The molecule has 0 spiro atoms. The average Bonchev–Trinajstić information content (AvgIpc) is 2.14. The van der Waals surface area contributed by atoms with Crippen LogP contribution in [0.2, 0.25) is 0 Å². The van der Waals surface area contributed by atoms with Gasteiger partial charge in [-0.3, -0.25) is 0 Å². The van der Waals surface area contributed by atoms with Gasteiger partial charge in [0.05, 0.1) is 11.6 Å². The van der Waals surface area contributed by atoms with Crippen molar-refractivity contribution in [2.75, 3.05) is 7.11 Å². The van der Waals surface area contributed by atoms with E-state index in [-0.39, 0.29) is 17.6 Å². The molecule has 0 heterocycles. The summed E-state index contributed by atoms with van der Waals surface area (Å²) < 4.78 is 19.5. The summed E-state index contributed by atoms with van der Waals surface area (Å²) in [5, 5.41) is 0. The fraction of sp³-hybridized carbons (Fsp3) is 0.455. The number of halogens is 2. The number of benzene rings is 1. The number of hydrogen-bond acceptors (Lipinski definition) is 2. The molecule has 1 atom stereocenters. The van der Waals surface area contributed by atoms with Gasteiger partial charge in [-0.2, -0.15) is 0 Å². The molecule has 1 unspecified atom stereocenters. The van der Waals surface area contributed by atoms with Crippen molar-refractivity contribution < 1.29 is 9.13 Å². The standard InChI is InChI=1S/C11H15BrFNO/c1-6-4-8(5-7(2)14)10(13)11(15-3)9(6)12/h4,7H,5,14H2,1-3H3. The van der Waals surface area contributed by atoms with Crippen molar-refractivity contribution in [3.05, 3.63) is 27.5 Å². The van der Waals surface area contributed by atoms with Crippen LogP contribution in [0.5, 0.6) is 5.75 Å². The normalized spacial score (nSPS) is 12.7. The third-order valence-corrected chi connectivity index (χ3v) is 3.15. The van der Waals surface area contributed by atoms with E-state index in [2.05, 4.69) is 15.9 Å². The van der Waals surface area contributed by atoms with Gasteiger partial charge in [-0.05, 0) is 47.3 Å². The Balaban J connectivity index is 3.24. The monoisotopic (exact) mass is 275 g/mol. The number of methoxy groups -OCH3 is 1. The van der Waals surface area contributed by atoms with Gasteiger partial charge in [-0.25, -0.2) is 4.39 Å². The second kappa shape index (κ2) is 4.94. The van der Waals surface area contributed by atoms with Gasteiger partial charge in [-0.15, -0.1) is 0 Å². The summed E-state index contributed by atoms with van der Waals surface area (Å²) in [6.45, 7) is 3.75. The molecule has 2 N–H and O–H groups in total. The quantitative estimate of drug-likeness (QED) is 0.921. The molecule has 0 amide bonds. The molecule has 0 bridgehead atoms. The molecular weight excluding hydrogens is 261 g/mol. The first-order chi connectivity index (χ1) is 6.97. The number of hydrogen-bond donors (Lipinski definition) is 1. The van der Waals surface area contributed by atoms with E-state index in [0.29, 0.717) is 16.5 Å². The lowest BCUT2D eigenvalue weighted by Crippen LogP contribution is -2.19. The molecule has 4 heteroatoms. The maximum absolute atomic E-state index is 13.9. The number of nitrogens with two attached hydrogens (primary N) is 1. The highest BCUT2D eigenvalue weighted by Crippen LogP contribution is 2.33. The maximum Gasteiger partial charge on any atom is 0.169 e. The Kier molecular flexibility index (Phi) is 4.11. The van der Waals surface area contributed by atoms with Crippen molar-refractivity contribution >= 4 is 15.9 Å². The van der Waals surface area contributed by atoms with E-state index in [1.165, 1.54) is 7.11 Å². The first-order valence-corrected chi connectivity index (χ1v) is 5.53. The van der Waals surface area contributed by atoms with E-state index in [1.54, 1.807) is 6.07 Å². The summed E-state index contributed by atoms with van der Waals surface area (Å²) in [5.41, 5.74) is 7.20. The fourth-order valence-electron chi connectivity index (χ4n) is 1.48. The van der Waals surface area contributed by atoms with Gasteiger partial charge in [0.15, 0.2) is 11.6 Å². The molecule has 0 aliphatic heterocycles. The highest BCUT2D eigenvalue weighted by Gasteiger charge is 2.16. The van der Waals surface area contributed by atoms with E-state index in [4.69, 9.17) is 10.5 Å². The topological polar surface area (TPSA) is 35.2 Å². The SMILES string of the molecule is COc1c(F)c(CC(C)N)cc(C)c1Br. The summed E-state index contributed by atoms with van der Waals surface area (Å²) in [4.78, 5) is 0. The van der Waals surface area contributed by atoms with Crippen LogP contribution in [-0.2, 0) is 6.42 Å². The highest BCUT2D eigenvalue weighted by molar-refractivity contribution is 9.10. The maximum atomic E-state index is 13.9. The van der Waals surface area contributed by atoms with Crippen LogP contribution in [0.1, 0.15) is 18.1 Å². The number of ether oxygens (including phenoxy) is 1. The molecule has 2 nitrogen and oxygen atoms in total. The Bertz CT molecular complexity index is 366. The Morgan fingerprint density at radius 2 is 2.20 bits per heavy atom. The molecule has 0 fully saturated rings. The second-order valence-corrected chi connectivity index (χ2v) is 4.49. The van der Waals surface area contributed by atoms with Crippen LogP contribution < -0.4 is 10.5 Å². The van der Waals surface area contributed by atoms with E-state index in [1.807, 2.05) is 13.8 Å². The van der Waals surface area contributed by atoms with Gasteiger partial charge < -0.3 is 10.5 Å². The van der Waals surface area contributed by atoms with Crippen molar-refractivity contribution in [1.29, 1.82) is 0 Å². The first-order valence-electron chi connectivity index (χ1n) is 4.74. The summed E-state index contributed by atoms with van der Waals surface area (Å²) in [5.74, 6) is -0.0714. The van der Waals surface area contributed by atoms with Crippen LogP contribution in [0.4, 0.5) is 4.39 Å². The van der Waals surface area contributed by atoms with E-state index < -0.39 is 0 Å². The Morgan fingerprint density at radius 1 is 1.60 bits per heavy atom. The van der Waals surface area contributed by atoms with Crippen molar-refractivity contribution in [2.24, 2.45) is 5.73 Å². The van der Waals surface area contributed by atoms with Gasteiger partial charge in [0.2, 0.25) is 0 Å². The fourth-order valence-corrected chi connectivity index (χ4v) is 1.93. The number of aryl methyl sites for hydroxylation is 1. The zero-order valence-electron chi connectivity index (χ0n) is 9.10. The lowest BCUT2D eigenvalue weighted by atomic mass is 10.0. The minimum absolute atomic E-state index is 0.0650. The molecule has 84 valence electrons. The molecule has 15 heavy (non-hydrogen) atoms. The molecule has 0 saturated heterocycles. The molecule has 0 aliphatic rings. The molecule has 0 aromatic heterocycles. The summed E-state index contributed by atoms with van der Waals surface area (Å²) >= 11 is 3.30. The predicted molar refractivity (Wildman–Crippen MR) is 62.7 cm³/mol. The molecular formula is C11H15BrFNO. The minimum Gasteiger partial charge on any atom is -0.492 e. The third kappa shape index (κ3) is 2.69. The minimum atomic E-state index is -0.327. The number of rotatable bonds is 3. The molecule has 1 aromatic carbocycles. The van der Waals surface area contributed by atoms with Gasteiger partial charge >= 0.3 is 0 Å². The lowest BCUT2D eigenvalue weighted by molar-refractivity contribution is 0.380. The molecule has 1 rings (SSSR count). The summed E-state index contributed by atoms with van der Waals surface area (Å²) in [6, 6.07) is 1.73. The van der Waals surface area contributed by atoms with Crippen molar-refractivity contribution in [1.82, 2.24) is 0 Å². The average molecular weight is 276 g/mol. The van der Waals surface area contributed by atoms with Crippen molar-refractivity contribution in [2.45, 2.75) is 26.3 Å². The summed E-state index contributed by atoms with van der Waals surface area (Å²) in [7, 11) is 1.46. The smallest absolute Gasteiger partial charge is 0.169 e. The zero-order valence-corrected chi connectivity index (χ0v) is 10.7. The second-order valence-electron chi connectivity index (χ2n) is 3.70. The molecule has 0 radical (unpaired) electrons. The molecule has 1 aromatic rings. The Labute approximate surface area is 97.7 Å². The third-order valence-electron chi connectivity index (χ3n) is 2.16. The molecule has 0 aliphatic carbocycles. The van der Waals surface area contributed by atoms with Crippen LogP contribution in [-0.4, -0.2) is 13.2 Å². The van der Waals surface area contributed by atoms with Crippen LogP contribution in [0.25, 0.3) is 0 Å². The van der Waals surface area contributed by atoms with Crippen molar-refractivity contribution in [3.8, 4) is 5.75 Å². The molecule has 0 saturated carbocycles. The van der Waals surface area contributed by atoms with E-state index in [0.717, 1.165) is 5.56 Å². The van der Waals surface area contributed by atoms with Gasteiger partial charge in [0.1, 0.15) is 0 Å². The van der Waals surface area contributed by atoms with E-state index >= 15 is 0 Å². The lowest BCUT2D eigenvalue weighted by Gasteiger charge is -2.13. The van der Waals surface area contributed by atoms with Crippen molar-refractivity contribution in [3.63, 3.8) is 0 Å². The Hall–Kier alpha value is -0.610. The predicted octanol–water partition coefficient (Wildman–Crippen LogP) is 2.79. The van der Waals surface area contributed by atoms with Gasteiger partial charge in [0.25, 0.3) is 0 Å². The highest BCUT2D eigenvalue weighted by atomic mass is 79.9. The van der Waals surface area contributed by atoms with Gasteiger partial charge in [0, 0.05) is 6.04 Å². The first kappa shape index (κ1) is 12.5. The van der Waals surface area contributed by atoms with E-state index in [9.17, 15) is 4.39 Å². The Morgan fingerprint density at radius 3 is 2.67 bits per heavy atom. The van der Waals surface area contributed by atoms with Crippen LogP contribution in [0.15, 0.2) is 10.5 Å². The van der Waals surface area contributed by atoms with Gasteiger partial charge in [-0.1, -0.05) is 6.07 Å². The van der Waals surface area contributed by atoms with Crippen LogP contribution >= 0.6 is 15.9 Å². The van der Waals surface area contributed by atoms with Crippen LogP contribution in [0, 0.1) is 12.7 Å². The van der Waals surface area contributed by atoms with Crippen LogP contribution in [0.3, 0.4) is 0 Å².